The molecule has 3 heteroatoms. The van der Waals surface area contributed by atoms with Crippen LogP contribution in [0.25, 0.3) is 0 Å². The lowest BCUT2D eigenvalue weighted by Crippen LogP contribution is -2.35. The van der Waals surface area contributed by atoms with Crippen molar-refractivity contribution in [3.63, 3.8) is 0 Å². The van der Waals surface area contributed by atoms with Gasteiger partial charge in [-0.05, 0) is 27.2 Å². The zero-order valence-electron chi connectivity index (χ0n) is 7.68. The number of rotatable bonds is 3. The Bertz CT molecular complexity index is 140. The van der Waals surface area contributed by atoms with E-state index in [1.807, 2.05) is 27.7 Å². The predicted octanol–water partition coefficient (Wildman–Crippen LogP) is 1.87. The Morgan fingerprint density at radius 3 is 2.09 bits per heavy atom. The lowest BCUT2D eigenvalue weighted by molar-refractivity contribution is -0.0297. The van der Waals surface area contributed by atoms with Crippen LogP contribution < -0.4 is 5.73 Å². The summed E-state index contributed by atoms with van der Waals surface area (Å²) in [4.78, 5) is 0.447. The molecule has 11 heavy (non-hydrogen) atoms. The maximum atomic E-state index is 5.58. The molecule has 0 fully saturated rings. The Kier molecular flexibility index (Phi) is 3.97. The highest BCUT2D eigenvalue weighted by Gasteiger charge is 2.18. The first-order valence-corrected chi connectivity index (χ1v) is 4.24. The van der Waals surface area contributed by atoms with E-state index in [-0.39, 0.29) is 11.7 Å². The molecule has 0 rings (SSSR count). The second-order valence-corrected chi connectivity index (χ2v) is 4.00. The molecule has 0 saturated carbocycles. The number of thiocarbonyl (C=S) groups is 1. The second kappa shape index (κ2) is 4.02. The number of nitrogens with two attached hydrogens (primary N) is 1. The third-order valence-electron chi connectivity index (χ3n) is 1.18. The molecule has 0 radical (unpaired) electrons. The summed E-state index contributed by atoms with van der Waals surface area (Å²) in [5.74, 6) is 0. The molecule has 0 aromatic rings. The predicted molar refractivity (Wildman–Crippen MR) is 51.7 cm³/mol. The Morgan fingerprint density at radius 2 is 2.00 bits per heavy atom. The molecule has 0 amide bonds. The third-order valence-corrected chi connectivity index (χ3v) is 1.45. The quantitative estimate of drug-likeness (QED) is 0.665. The van der Waals surface area contributed by atoms with E-state index in [0.717, 1.165) is 6.42 Å². The number of hydrogen-bond donors (Lipinski definition) is 1. The SMILES string of the molecule is CCC(OC(C)(C)C)C(N)=S. The number of ether oxygens (including phenoxy) is 1. The topological polar surface area (TPSA) is 35.2 Å². The van der Waals surface area contributed by atoms with Gasteiger partial charge in [0.2, 0.25) is 0 Å². The van der Waals surface area contributed by atoms with Crippen LogP contribution in [0.1, 0.15) is 34.1 Å². The minimum absolute atomic E-state index is 0.0787. The van der Waals surface area contributed by atoms with Crippen LogP contribution in [0.2, 0.25) is 0 Å². The van der Waals surface area contributed by atoms with Crippen molar-refractivity contribution in [2.75, 3.05) is 0 Å². The summed E-state index contributed by atoms with van der Waals surface area (Å²) < 4.78 is 5.58. The normalized spacial score (nSPS) is 14.5. The van der Waals surface area contributed by atoms with Gasteiger partial charge >= 0.3 is 0 Å². The molecule has 0 aliphatic carbocycles. The van der Waals surface area contributed by atoms with Gasteiger partial charge in [-0.2, -0.15) is 0 Å². The maximum Gasteiger partial charge on any atom is 0.108 e. The smallest absolute Gasteiger partial charge is 0.108 e. The number of hydrogen-bond acceptors (Lipinski definition) is 2. The average Bonchev–Trinajstić information content (AvgIpc) is 1.80. The molecule has 0 saturated heterocycles. The van der Waals surface area contributed by atoms with Gasteiger partial charge in [-0.15, -0.1) is 0 Å². The molecule has 1 atom stereocenters. The van der Waals surface area contributed by atoms with Crippen molar-refractivity contribution < 1.29 is 4.74 Å². The first-order chi connectivity index (χ1) is 4.87. The molecule has 2 N–H and O–H groups in total. The highest BCUT2D eigenvalue weighted by Crippen LogP contribution is 2.12. The van der Waals surface area contributed by atoms with E-state index in [4.69, 9.17) is 22.7 Å². The van der Waals surface area contributed by atoms with Crippen molar-refractivity contribution in [2.24, 2.45) is 5.73 Å². The van der Waals surface area contributed by atoms with E-state index < -0.39 is 0 Å². The fourth-order valence-corrected chi connectivity index (χ4v) is 0.984. The molecular weight excluding hydrogens is 158 g/mol. The zero-order valence-corrected chi connectivity index (χ0v) is 8.49. The van der Waals surface area contributed by atoms with E-state index in [1.165, 1.54) is 0 Å². The summed E-state index contributed by atoms with van der Waals surface area (Å²) >= 11 is 4.84. The van der Waals surface area contributed by atoms with E-state index in [9.17, 15) is 0 Å². The fourth-order valence-electron chi connectivity index (χ4n) is 0.769. The van der Waals surface area contributed by atoms with Gasteiger partial charge in [0, 0.05) is 0 Å². The summed E-state index contributed by atoms with van der Waals surface area (Å²) in [7, 11) is 0. The van der Waals surface area contributed by atoms with E-state index in [2.05, 4.69) is 0 Å². The summed E-state index contributed by atoms with van der Waals surface area (Å²) in [6, 6.07) is 0. The second-order valence-electron chi connectivity index (χ2n) is 3.53. The Hall–Kier alpha value is -0.150. The van der Waals surface area contributed by atoms with Gasteiger partial charge in [-0.1, -0.05) is 19.1 Å². The highest BCUT2D eigenvalue weighted by atomic mass is 32.1. The molecule has 66 valence electrons. The molecule has 1 unspecified atom stereocenters. The Labute approximate surface area is 74.1 Å². The van der Waals surface area contributed by atoms with Gasteiger partial charge < -0.3 is 10.5 Å². The van der Waals surface area contributed by atoms with E-state index >= 15 is 0 Å². The minimum atomic E-state index is -0.163. The monoisotopic (exact) mass is 175 g/mol. The fraction of sp³-hybridized carbons (Fsp3) is 0.875. The van der Waals surface area contributed by atoms with Crippen molar-refractivity contribution in [1.82, 2.24) is 0 Å². The van der Waals surface area contributed by atoms with Crippen LogP contribution in [0.15, 0.2) is 0 Å². The highest BCUT2D eigenvalue weighted by molar-refractivity contribution is 7.80. The van der Waals surface area contributed by atoms with Crippen LogP contribution in [0, 0.1) is 0 Å². The van der Waals surface area contributed by atoms with E-state index in [0.29, 0.717) is 4.99 Å². The standard InChI is InChI=1S/C8H17NOS/c1-5-6(7(9)11)10-8(2,3)4/h6H,5H2,1-4H3,(H2,9,11). The van der Waals surface area contributed by atoms with Crippen LogP contribution in [0.3, 0.4) is 0 Å². The minimum Gasteiger partial charge on any atom is -0.391 e. The first-order valence-electron chi connectivity index (χ1n) is 3.84. The van der Waals surface area contributed by atoms with Gasteiger partial charge in [0.1, 0.15) is 11.1 Å². The molecule has 0 aliphatic heterocycles. The first kappa shape index (κ1) is 10.8. The van der Waals surface area contributed by atoms with Crippen LogP contribution in [-0.4, -0.2) is 16.7 Å². The molecule has 0 bridgehead atoms. The van der Waals surface area contributed by atoms with E-state index in [1.54, 1.807) is 0 Å². The average molecular weight is 175 g/mol. The van der Waals surface area contributed by atoms with Crippen LogP contribution in [0.5, 0.6) is 0 Å². The van der Waals surface area contributed by atoms with Crippen molar-refractivity contribution in [3.05, 3.63) is 0 Å². The van der Waals surface area contributed by atoms with Crippen molar-refractivity contribution in [2.45, 2.75) is 45.8 Å². The Morgan fingerprint density at radius 1 is 1.55 bits per heavy atom. The largest absolute Gasteiger partial charge is 0.391 e. The lowest BCUT2D eigenvalue weighted by atomic mass is 10.1. The van der Waals surface area contributed by atoms with Crippen molar-refractivity contribution >= 4 is 17.2 Å². The van der Waals surface area contributed by atoms with Gasteiger partial charge in [0.05, 0.1) is 5.60 Å². The van der Waals surface area contributed by atoms with Gasteiger partial charge in [0.15, 0.2) is 0 Å². The molecule has 0 heterocycles. The lowest BCUT2D eigenvalue weighted by Gasteiger charge is -2.25. The zero-order chi connectivity index (χ0) is 9.07. The van der Waals surface area contributed by atoms with Gasteiger partial charge in [-0.25, -0.2) is 0 Å². The molecule has 0 aromatic heterocycles. The molecule has 0 aliphatic rings. The summed E-state index contributed by atoms with van der Waals surface area (Å²) in [6.07, 6.45) is 0.761. The van der Waals surface area contributed by atoms with Gasteiger partial charge in [-0.3, -0.25) is 0 Å². The van der Waals surface area contributed by atoms with Crippen LogP contribution in [0.4, 0.5) is 0 Å². The van der Waals surface area contributed by atoms with Crippen molar-refractivity contribution in [3.8, 4) is 0 Å². The Balaban J connectivity index is 3.99. The summed E-state index contributed by atoms with van der Waals surface area (Å²) in [5.41, 5.74) is 5.30. The third kappa shape index (κ3) is 5.16. The summed E-state index contributed by atoms with van der Waals surface area (Å²) in [6.45, 7) is 7.99. The molecular formula is C8H17NOS. The van der Waals surface area contributed by atoms with Gasteiger partial charge in [0.25, 0.3) is 0 Å². The maximum absolute atomic E-state index is 5.58. The summed E-state index contributed by atoms with van der Waals surface area (Å²) in [5, 5.41) is 0. The van der Waals surface area contributed by atoms with Crippen LogP contribution >= 0.6 is 12.2 Å². The van der Waals surface area contributed by atoms with Crippen LogP contribution in [-0.2, 0) is 4.74 Å². The molecule has 0 aromatic carbocycles. The van der Waals surface area contributed by atoms with Crippen molar-refractivity contribution in [1.29, 1.82) is 0 Å². The molecule has 0 spiro atoms. The molecule has 2 nitrogen and oxygen atoms in total.